The molecule has 23 heavy (non-hydrogen) atoms. The summed E-state index contributed by atoms with van der Waals surface area (Å²) >= 11 is 0. The molecule has 2 aliphatic rings. The van der Waals surface area contributed by atoms with E-state index in [1.54, 1.807) is 7.11 Å². The van der Waals surface area contributed by atoms with Crippen LogP contribution in [-0.4, -0.2) is 31.6 Å². The van der Waals surface area contributed by atoms with Gasteiger partial charge in [0.1, 0.15) is 11.8 Å². The molecule has 124 valence electrons. The summed E-state index contributed by atoms with van der Waals surface area (Å²) in [5, 5.41) is 3.08. The third-order valence-corrected chi connectivity index (χ3v) is 5.03. The van der Waals surface area contributed by atoms with Crippen LogP contribution in [0.2, 0.25) is 0 Å². The summed E-state index contributed by atoms with van der Waals surface area (Å²) in [5.74, 6) is -0.0901. The van der Waals surface area contributed by atoms with Crippen molar-refractivity contribution in [3.63, 3.8) is 0 Å². The maximum Gasteiger partial charge on any atom is 0.330 e. The monoisotopic (exact) mass is 317 g/mol. The molecule has 1 aliphatic carbocycles. The zero-order chi connectivity index (χ0) is 16.3. The summed E-state index contributed by atoms with van der Waals surface area (Å²) in [7, 11) is 1.61. The molecule has 0 radical (unpaired) electrons. The van der Waals surface area contributed by atoms with E-state index in [1.165, 1.54) is 0 Å². The van der Waals surface area contributed by atoms with Crippen molar-refractivity contribution in [3.8, 4) is 5.75 Å². The van der Waals surface area contributed by atoms with Crippen LogP contribution in [-0.2, 0) is 19.7 Å². The third-order valence-electron chi connectivity index (χ3n) is 5.03. The number of esters is 2. The summed E-state index contributed by atoms with van der Waals surface area (Å²) < 4.78 is 10.4. The number of carbonyl (C=O) groups is 2. The average molecular weight is 317 g/mol. The SMILES string of the molecule is COc1ccc(C2(C(=O)OC(=O)[C@H]3CCCN3)CCCC2)cc1. The molecule has 0 bridgehead atoms. The van der Waals surface area contributed by atoms with Crippen molar-refractivity contribution >= 4 is 11.9 Å². The molecular weight excluding hydrogens is 294 g/mol. The summed E-state index contributed by atoms with van der Waals surface area (Å²) in [6.07, 6.45) is 5.07. The highest BCUT2D eigenvalue weighted by Crippen LogP contribution is 2.42. The Balaban J connectivity index is 1.78. The lowest BCUT2D eigenvalue weighted by Gasteiger charge is -2.27. The highest BCUT2D eigenvalue weighted by Gasteiger charge is 2.45. The first-order valence-corrected chi connectivity index (χ1v) is 8.30. The Hall–Kier alpha value is -1.88. The first-order chi connectivity index (χ1) is 11.2. The minimum atomic E-state index is -0.694. The van der Waals surface area contributed by atoms with E-state index in [9.17, 15) is 9.59 Å². The molecule has 5 heteroatoms. The molecule has 0 unspecified atom stereocenters. The Morgan fingerprint density at radius 2 is 1.83 bits per heavy atom. The van der Waals surface area contributed by atoms with Gasteiger partial charge in [-0.1, -0.05) is 25.0 Å². The number of ether oxygens (including phenoxy) is 2. The second kappa shape index (κ2) is 6.71. The fourth-order valence-electron chi connectivity index (χ4n) is 3.65. The average Bonchev–Trinajstić information content (AvgIpc) is 3.27. The van der Waals surface area contributed by atoms with Crippen LogP contribution in [0.15, 0.2) is 24.3 Å². The molecule has 1 N–H and O–H groups in total. The smallest absolute Gasteiger partial charge is 0.330 e. The Labute approximate surface area is 136 Å². The Morgan fingerprint density at radius 3 is 2.39 bits per heavy atom. The lowest BCUT2D eigenvalue weighted by atomic mass is 9.79. The van der Waals surface area contributed by atoms with Gasteiger partial charge in [-0.3, -0.25) is 4.79 Å². The number of methoxy groups -OCH3 is 1. The van der Waals surface area contributed by atoms with Gasteiger partial charge in [0.15, 0.2) is 0 Å². The van der Waals surface area contributed by atoms with E-state index < -0.39 is 17.4 Å². The highest BCUT2D eigenvalue weighted by atomic mass is 16.6. The Morgan fingerprint density at radius 1 is 1.13 bits per heavy atom. The van der Waals surface area contributed by atoms with Crippen molar-refractivity contribution < 1.29 is 19.1 Å². The molecule has 1 saturated carbocycles. The molecular formula is C18H23NO4. The molecule has 1 aromatic rings. The van der Waals surface area contributed by atoms with Gasteiger partial charge in [0, 0.05) is 0 Å². The normalized spacial score (nSPS) is 22.7. The minimum absolute atomic E-state index is 0.340. The first-order valence-electron chi connectivity index (χ1n) is 8.30. The van der Waals surface area contributed by atoms with Crippen LogP contribution in [0, 0.1) is 0 Å². The minimum Gasteiger partial charge on any atom is -0.497 e. The van der Waals surface area contributed by atoms with Gasteiger partial charge in [-0.2, -0.15) is 0 Å². The van der Waals surface area contributed by atoms with Gasteiger partial charge in [-0.05, 0) is 49.9 Å². The fraction of sp³-hybridized carbons (Fsp3) is 0.556. The van der Waals surface area contributed by atoms with Crippen molar-refractivity contribution in [1.82, 2.24) is 5.32 Å². The molecule has 0 amide bonds. The quantitative estimate of drug-likeness (QED) is 0.682. The number of hydrogen-bond donors (Lipinski definition) is 1. The van der Waals surface area contributed by atoms with Crippen LogP contribution in [0.25, 0.3) is 0 Å². The molecule has 0 spiro atoms. The van der Waals surface area contributed by atoms with Crippen molar-refractivity contribution in [2.24, 2.45) is 0 Å². The number of hydrogen-bond acceptors (Lipinski definition) is 5. The van der Waals surface area contributed by atoms with Crippen LogP contribution in [0.3, 0.4) is 0 Å². The summed E-state index contributed by atoms with van der Waals surface area (Å²) in [5.41, 5.74) is 0.216. The maximum atomic E-state index is 12.8. The third kappa shape index (κ3) is 3.11. The van der Waals surface area contributed by atoms with Crippen molar-refractivity contribution in [2.45, 2.75) is 50.0 Å². The number of benzene rings is 1. The predicted molar refractivity (Wildman–Crippen MR) is 85.3 cm³/mol. The molecule has 2 fully saturated rings. The molecule has 1 saturated heterocycles. The van der Waals surface area contributed by atoms with E-state index in [0.29, 0.717) is 0 Å². The molecule has 5 nitrogen and oxygen atoms in total. The van der Waals surface area contributed by atoms with E-state index in [1.807, 2.05) is 24.3 Å². The molecule has 0 aromatic heterocycles. The van der Waals surface area contributed by atoms with Gasteiger partial charge >= 0.3 is 11.9 Å². The largest absolute Gasteiger partial charge is 0.497 e. The van der Waals surface area contributed by atoms with E-state index in [0.717, 1.165) is 56.4 Å². The van der Waals surface area contributed by atoms with E-state index in [2.05, 4.69) is 5.32 Å². The lowest BCUT2D eigenvalue weighted by molar-refractivity contribution is -0.165. The van der Waals surface area contributed by atoms with Gasteiger partial charge in [-0.15, -0.1) is 0 Å². The van der Waals surface area contributed by atoms with Gasteiger partial charge in [0.05, 0.1) is 12.5 Å². The Bertz CT molecular complexity index is 569. The van der Waals surface area contributed by atoms with E-state index in [-0.39, 0.29) is 6.04 Å². The second-order valence-corrected chi connectivity index (χ2v) is 6.38. The zero-order valence-electron chi connectivity index (χ0n) is 13.5. The number of rotatable bonds is 4. The second-order valence-electron chi connectivity index (χ2n) is 6.38. The molecule has 1 atom stereocenters. The Kier molecular flexibility index (Phi) is 4.66. The predicted octanol–water partition coefficient (Wildman–Crippen LogP) is 2.33. The van der Waals surface area contributed by atoms with Gasteiger partial charge in [0.25, 0.3) is 0 Å². The highest BCUT2D eigenvalue weighted by molar-refractivity contribution is 5.94. The number of nitrogens with one attached hydrogen (secondary N) is 1. The van der Waals surface area contributed by atoms with E-state index >= 15 is 0 Å². The zero-order valence-corrected chi connectivity index (χ0v) is 13.5. The van der Waals surface area contributed by atoms with Crippen LogP contribution < -0.4 is 10.1 Å². The van der Waals surface area contributed by atoms with Gasteiger partial charge in [0.2, 0.25) is 0 Å². The van der Waals surface area contributed by atoms with Crippen LogP contribution in [0.5, 0.6) is 5.75 Å². The summed E-state index contributed by atoms with van der Waals surface area (Å²) in [4.78, 5) is 24.9. The first kappa shape index (κ1) is 16.0. The van der Waals surface area contributed by atoms with Crippen LogP contribution in [0.4, 0.5) is 0 Å². The van der Waals surface area contributed by atoms with Crippen LogP contribution >= 0.6 is 0 Å². The number of carbonyl (C=O) groups excluding carboxylic acids is 2. The molecule has 1 aliphatic heterocycles. The standard InChI is InChI=1S/C18H23NO4/c1-22-14-8-6-13(7-9-14)18(10-2-3-11-18)17(21)23-16(20)15-5-4-12-19-15/h6-9,15,19H,2-5,10-12H2,1H3/t15-/m1/s1. The summed E-state index contributed by atoms with van der Waals surface area (Å²) in [6.45, 7) is 0.803. The van der Waals surface area contributed by atoms with Crippen molar-refractivity contribution in [3.05, 3.63) is 29.8 Å². The van der Waals surface area contributed by atoms with Gasteiger partial charge < -0.3 is 14.8 Å². The molecule has 3 rings (SSSR count). The van der Waals surface area contributed by atoms with Crippen molar-refractivity contribution in [2.75, 3.05) is 13.7 Å². The van der Waals surface area contributed by atoms with Gasteiger partial charge in [-0.25, -0.2) is 4.79 Å². The molecule has 1 heterocycles. The lowest BCUT2D eigenvalue weighted by Crippen LogP contribution is -2.40. The molecule has 1 aromatic carbocycles. The van der Waals surface area contributed by atoms with Crippen LogP contribution in [0.1, 0.15) is 44.1 Å². The summed E-state index contributed by atoms with van der Waals surface area (Å²) in [6, 6.07) is 7.17. The van der Waals surface area contributed by atoms with Crippen molar-refractivity contribution in [1.29, 1.82) is 0 Å². The van der Waals surface area contributed by atoms with E-state index in [4.69, 9.17) is 9.47 Å². The topological polar surface area (TPSA) is 64.6 Å². The maximum absolute atomic E-state index is 12.8. The fourth-order valence-corrected chi connectivity index (χ4v) is 3.65.